The number of aliphatic imine (C=N–C) groups is 1. The maximum absolute atomic E-state index is 13.6. The molecular formula is C28H29F14N5O3. The topological polar surface area (TPSA) is 87.9 Å². The van der Waals surface area contributed by atoms with Crippen LogP contribution in [-0.2, 0) is 14.4 Å². The van der Waals surface area contributed by atoms with Gasteiger partial charge in [-0.3, -0.25) is 14.4 Å². The molecule has 2 aromatic carbocycles. The summed E-state index contributed by atoms with van der Waals surface area (Å²) in [5.74, 6) is 0.303. The molecule has 2 aliphatic heterocycles. The van der Waals surface area contributed by atoms with Gasteiger partial charge < -0.3 is 9.47 Å². The summed E-state index contributed by atoms with van der Waals surface area (Å²) < 4.78 is 112. The van der Waals surface area contributed by atoms with Crippen molar-refractivity contribution in [2.75, 3.05) is 13.1 Å². The van der Waals surface area contributed by atoms with Gasteiger partial charge in [-0.2, -0.15) is 9.59 Å². The zero-order chi connectivity index (χ0) is 38.5. The number of aromatic nitrogens is 2. The number of amides is 1. The number of fused-ring (bicyclic) bond motifs is 1. The second-order valence-corrected chi connectivity index (χ2v) is 9.01. The van der Waals surface area contributed by atoms with Crippen molar-refractivity contribution in [2.24, 2.45) is 4.99 Å². The SMILES string of the molecule is CCCN1CC[C@H](c2ccc(F)cc2)N2C(=O)/C(=C/c3ccc(-n4cnc(C)c4)c(C)c3)N=C12.F.FF.FF.FF.FF.FF.FF.O=C=O. The number of hydrogen-bond acceptors (Lipinski definition) is 6. The van der Waals surface area contributed by atoms with E-state index in [9.17, 15) is 9.18 Å². The van der Waals surface area contributed by atoms with Crippen molar-refractivity contribution < 1.29 is 78.4 Å². The molecule has 2 aliphatic rings. The number of imidazole rings is 1. The Morgan fingerprint density at radius 1 is 0.880 bits per heavy atom. The summed E-state index contributed by atoms with van der Waals surface area (Å²) in [7, 11) is 0. The predicted molar refractivity (Wildman–Crippen MR) is 152 cm³/mol. The van der Waals surface area contributed by atoms with E-state index in [0.29, 0.717) is 11.7 Å². The Bertz CT molecular complexity index is 1420. The molecule has 22 heteroatoms. The predicted octanol–water partition coefficient (Wildman–Crippen LogP) is 9.64. The highest BCUT2D eigenvalue weighted by atomic mass is 20.0. The van der Waals surface area contributed by atoms with Crippen LogP contribution in [0.15, 0.2) is 65.7 Å². The third-order valence-electron chi connectivity index (χ3n) is 6.40. The van der Waals surface area contributed by atoms with Crippen LogP contribution in [0.5, 0.6) is 0 Å². The molecule has 282 valence electrons. The van der Waals surface area contributed by atoms with E-state index in [-0.39, 0.29) is 28.6 Å². The molecule has 1 amide bonds. The number of guanidine groups is 1. The van der Waals surface area contributed by atoms with Crippen molar-refractivity contribution in [1.29, 1.82) is 0 Å². The third-order valence-corrected chi connectivity index (χ3v) is 6.40. The number of benzene rings is 2. The molecule has 8 nitrogen and oxygen atoms in total. The van der Waals surface area contributed by atoms with Gasteiger partial charge in [-0.15, -0.1) is 0 Å². The largest absolute Gasteiger partial charge is 0.373 e. The van der Waals surface area contributed by atoms with E-state index in [0.717, 1.165) is 54.0 Å². The van der Waals surface area contributed by atoms with E-state index >= 15 is 0 Å². The summed E-state index contributed by atoms with van der Waals surface area (Å²) in [6.45, 7) is 7.78. The lowest BCUT2D eigenvalue weighted by Crippen LogP contribution is -2.51. The number of carbonyl (C=O) groups excluding carboxylic acids is 3. The number of aryl methyl sites for hydroxylation is 2. The number of carbonyl (C=O) groups is 1. The lowest BCUT2D eigenvalue weighted by atomic mass is 9.99. The van der Waals surface area contributed by atoms with E-state index in [1.54, 1.807) is 23.4 Å². The third kappa shape index (κ3) is 14.9. The highest BCUT2D eigenvalue weighted by Gasteiger charge is 2.42. The summed E-state index contributed by atoms with van der Waals surface area (Å²) in [6, 6.07) is 12.4. The fraction of sp³-hybridized carbons (Fsp3) is 0.286. The minimum atomic E-state index is -0.279. The monoisotopic (exact) mass is 749 g/mol. The second kappa shape index (κ2) is 31.0. The summed E-state index contributed by atoms with van der Waals surface area (Å²) in [5, 5.41) is 0. The highest BCUT2D eigenvalue weighted by Crippen LogP contribution is 2.36. The average Bonchev–Trinajstić information content (AvgIpc) is 3.73. The van der Waals surface area contributed by atoms with Crippen molar-refractivity contribution in [1.82, 2.24) is 19.4 Å². The molecule has 0 saturated carbocycles. The second-order valence-electron chi connectivity index (χ2n) is 9.01. The van der Waals surface area contributed by atoms with Crippen molar-refractivity contribution in [3.63, 3.8) is 0 Å². The molecule has 1 fully saturated rings. The van der Waals surface area contributed by atoms with Crippen LogP contribution < -0.4 is 0 Å². The lowest BCUT2D eigenvalue weighted by Gasteiger charge is -2.40. The molecule has 0 aliphatic carbocycles. The summed E-state index contributed by atoms with van der Waals surface area (Å²) >= 11 is 0. The Morgan fingerprint density at radius 2 is 1.42 bits per heavy atom. The van der Waals surface area contributed by atoms with Crippen molar-refractivity contribution in [3.8, 4) is 5.69 Å². The van der Waals surface area contributed by atoms with Crippen LogP contribution in [0, 0.1) is 19.7 Å². The average molecular weight is 750 g/mol. The van der Waals surface area contributed by atoms with Gasteiger partial charge in [0.1, 0.15) is 11.5 Å². The van der Waals surface area contributed by atoms with Gasteiger partial charge >= 0.3 is 6.15 Å². The van der Waals surface area contributed by atoms with E-state index in [4.69, 9.17) is 69.5 Å². The van der Waals surface area contributed by atoms with Crippen molar-refractivity contribution >= 4 is 24.1 Å². The van der Waals surface area contributed by atoms with Gasteiger partial charge in [0.25, 0.3) is 5.91 Å². The van der Waals surface area contributed by atoms with E-state index in [1.165, 1.54) is 12.1 Å². The number of rotatable bonds is 5. The van der Waals surface area contributed by atoms with Crippen LogP contribution in [0.1, 0.15) is 48.2 Å². The Kier molecular flexibility index (Phi) is 32.0. The Morgan fingerprint density at radius 3 is 1.88 bits per heavy atom. The lowest BCUT2D eigenvalue weighted by molar-refractivity contribution is -0.191. The number of nitrogens with zero attached hydrogens (tertiary/aromatic N) is 5. The molecule has 50 heavy (non-hydrogen) atoms. The smallest absolute Gasteiger partial charge is 0.342 e. The molecule has 3 heterocycles. The molecule has 1 atom stereocenters. The van der Waals surface area contributed by atoms with Gasteiger partial charge in [0.05, 0.1) is 18.1 Å². The molecule has 5 rings (SSSR count). The first-order valence-electron chi connectivity index (χ1n) is 13.0. The Hall–Kier alpha value is -5.27. The van der Waals surface area contributed by atoms with Crippen LogP contribution >= 0.6 is 0 Å². The van der Waals surface area contributed by atoms with Crippen LogP contribution in [0.3, 0.4) is 0 Å². The zero-order valence-electron chi connectivity index (χ0n) is 26.0. The molecule has 0 bridgehead atoms. The van der Waals surface area contributed by atoms with Gasteiger partial charge in [-0.25, -0.2) is 14.4 Å². The van der Waals surface area contributed by atoms with Gasteiger partial charge in [0.15, 0.2) is 0 Å². The molecule has 0 N–H and O–H groups in total. The van der Waals surface area contributed by atoms with Gasteiger partial charge in [-0.1, -0.05) is 25.1 Å². The Labute approximate surface area is 274 Å². The fourth-order valence-corrected chi connectivity index (χ4v) is 4.78. The maximum atomic E-state index is 13.6. The molecule has 0 radical (unpaired) electrons. The quantitative estimate of drug-likeness (QED) is 0.192. The number of hydrogen-bond donors (Lipinski definition) is 0. The van der Waals surface area contributed by atoms with Crippen molar-refractivity contribution in [2.45, 2.75) is 39.7 Å². The standard InChI is InChI=1S/C27H28FN5O.CO2.6F2.FH/c1-4-12-31-13-11-25(21-6-8-22(28)9-7-21)33-26(34)23(30-27(31)33)15-20-5-10-24(18(2)14-20)32-16-19(3)29-17-32;2-1-3;6*1-2;/h5-10,14-17,25H,4,11-13H2,1-3H3;;;;;;;;1H/b23-15-;;;;;;;;/t25-;;;;;;;;/m1......../s1. The molecule has 1 aromatic heterocycles. The van der Waals surface area contributed by atoms with E-state index in [1.807, 2.05) is 42.8 Å². The maximum Gasteiger partial charge on any atom is 0.373 e. The van der Waals surface area contributed by atoms with E-state index in [2.05, 4.69) is 22.9 Å². The molecule has 0 unspecified atom stereocenters. The first-order chi connectivity index (χ1) is 23.9. The molecule has 3 aromatic rings. The minimum Gasteiger partial charge on any atom is -0.342 e. The molecule has 0 spiro atoms. The Balaban J connectivity index is -0.000000585. The molecule has 1 saturated heterocycles. The highest BCUT2D eigenvalue weighted by molar-refractivity contribution is 6.14. The van der Waals surface area contributed by atoms with Crippen LogP contribution in [-0.4, -0.2) is 50.5 Å². The zero-order valence-corrected chi connectivity index (χ0v) is 26.0. The van der Waals surface area contributed by atoms with Gasteiger partial charge in [0.2, 0.25) is 5.96 Å². The molecular weight excluding hydrogens is 720 g/mol. The van der Waals surface area contributed by atoms with Crippen molar-refractivity contribution in [3.05, 3.63) is 88.9 Å². The van der Waals surface area contributed by atoms with Gasteiger partial charge in [-0.05, 0) is 73.7 Å². The summed E-state index contributed by atoms with van der Waals surface area (Å²) in [6.07, 6.45) is 7.65. The summed E-state index contributed by atoms with van der Waals surface area (Å²) in [5.41, 5.74) is 5.37. The van der Waals surface area contributed by atoms with Crippen LogP contribution in [0.4, 0.5) is 64.0 Å². The first-order valence-corrected chi connectivity index (χ1v) is 13.0. The number of halogens is 14. The fourth-order valence-electron chi connectivity index (χ4n) is 4.78. The van der Waals surface area contributed by atoms with Crippen LogP contribution in [0.25, 0.3) is 11.8 Å². The van der Waals surface area contributed by atoms with E-state index < -0.39 is 0 Å². The van der Waals surface area contributed by atoms with Gasteiger partial charge in [0, 0.05) is 79.9 Å². The normalized spacial score (nSPS) is 13.8. The van der Waals surface area contributed by atoms with Crippen LogP contribution in [0.2, 0.25) is 0 Å². The first kappa shape index (κ1) is 51.6. The summed E-state index contributed by atoms with van der Waals surface area (Å²) in [4.78, 5) is 42.9. The minimum absolute atomic E-state index is 0.